The van der Waals surface area contributed by atoms with Crippen molar-refractivity contribution in [3.63, 3.8) is 0 Å². The number of hydrogen-bond donors (Lipinski definition) is 2. The molecule has 0 unspecified atom stereocenters. The van der Waals surface area contributed by atoms with Crippen molar-refractivity contribution in [2.75, 3.05) is 25.9 Å². The van der Waals surface area contributed by atoms with Crippen LogP contribution in [0.5, 0.6) is 0 Å². The molecule has 0 atom stereocenters. The lowest BCUT2D eigenvalue weighted by Gasteiger charge is -2.16. The van der Waals surface area contributed by atoms with Crippen molar-refractivity contribution in [2.45, 2.75) is 32.7 Å². The van der Waals surface area contributed by atoms with Crippen molar-refractivity contribution in [1.82, 2.24) is 10.2 Å². The first-order valence-corrected chi connectivity index (χ1v) is 6.84. The lowest BCUT2D eigenvalue weighted by Crippen LogP contribution is -2.34. The number of amides is 1. The predicted molar refractivity (Wildman–Crippen MR) is 78.3 cm³/mol. The SMILES string of the molecule is Cc1cc(C)c(C(=O)NCCN(C)C2CC2)cc1N. The van der Waals surface area contributed by atoms with Crippen molar-refractivity contribution >= 4 is 11.6 Å². The van der Waals surface area contributed by atoms with E-state index in [0.717, 1.165) is 23.7 Å². The zero-order valence-electron chi connectivity index (χ0n) is 12.0. The number of nitrogens with zero attached hydrogens (tertiary/aromatic N) is 1. The first kappa shape index (κ1) is 13.9. The summed E-state index contributed by atoms with van der Waals surface area (Å²) in [5, 5.41) is 2.96. The van der Waals surface area contributed by atoms with Gasteiger partial charge in [-0.15, -0.1) is 0 Å². The lowest BCUT2D eigenvalue weighted by atomic mass is 10.0. The number of benzene rings is 1. The summed E-state index contributed by atoms with van der Waals surface area (Å²) in [5.41, 5.74) is 9.20. The summed E-state index contributed by atoms with van der Waals surface area (Å²) in [6.07, 6.45) is 2.58. The molecular weight excluding hydrogens is 238 g/mol. The monoisotopic (exact) mass is 261 g/mol. The van der Waals surface area contributed by atoms with E-state index in [4.69, 9.17) is 5.73 Å². The summed E-state index contributed by atoms with van der Waals surface area (Å²) < 4.78 is 0. The zero-order chi connectivity index (χ0) is 14.0. The maximum atomic E-state index is 12.1. The van der Waals surface area contributed by atoms with Gasteiger partial charge in [0.25, 0.3) is 5.91 Å². The van der Waals surface area contributed by atoms with Crippen LogP contribution < -0.4 is 11.1 Å². The minimum atomic E-state index is -0.0339. The van der Waals surface area contributed by atoms with E-state index in [-0.39, 0.29) is 5.91 Å². The highest BCUT2D eigenvalue weighted by molar-refractivity contribution is 5.96. The average molecular weight is 261 g/mol. The Kier molecular flexibility index (Phi) is 4.10. The highest BCUT2D eigenvalue weighted by atomic mass is 16.1. The summed E-state index contributed by atoms with van der Waals surface area (Å²) >= 11 is 0. The summed E-state index contributed by atoms with van der Waals surface area (Å²) in [4.78, 5) is 14.4. The molecule has 4 heteroatoms. The van der Waals surface area contributed by atoms with E-state index in [0.29, 0.717) is 17.8 Å². The van der Waals surface area contributed by atoms with Gasteiger partial charge in [0, 0.05) is 30.4 Å². The molecule has 0 aromatic heterocycles. The molecule has 0 saturated heterocycles. The smallest absolute Gasteiger partial charge is 0.251 e. The van der Waals surface area contributed by atoms with Crippen molar-refractivity contribution in [3.05, 3.63) is 28.8 Å². The number of nitrogen functional groups attached to an aromatic ring is 1. The number of nitrogens with two attached hydrogens (primary N) is 1. The van der Waals surface area contributed by atoms with Gasteiger partial charge in [-0.3, -0.25) is 4.79 Å². The number of carbonyl (C=O) groups excluding carboxylic acids is 1. The molecule has 4 nitrogen and oxygen atoms in total. The van der Waals surface area contributed by atoms with Gasteiger partial charge in [0.05, 0.1) is 0 Å². The first-order chi connectivity index (χ1) is 8.99. The quantitative estimate of drug-likeness (QED) is 0.793. The van der Waals surface area contributed by atoms with E-state index < -0.39 is 0 Å². The first-order valence-electron chi connectivity index (χ1n) is 6.84. The molecule has 2 rings (SSSR count). The predicted octanol–water partition coefficient (Wildman–Crippen LogP) is 1.71. The van der Waals surface area contributed by atoms with Crippen LogP contribution in [-0.2, 0) is 0 Å². The molecule has 1 saturated carbocycles. The third-order valence-electron chi connectivity index (χ3n) is 3.78. The topological polar surface area (TPSA) is 58.4 Å². The van der Waals surface area contributed by atoms with Crippen molar-refractivity contribution in [3.8, 4) is 0 Å². The van der Waals surface area contributed by atoms with E-state index in [1.54, 1.807) is 6.07 Å². The standard InChI is InChI=1S/C15H23N3O/c1-10-8-11(2)14(16)9-13(10)15(19)17-6-7-18(3)12-4-5-12/h8-9,12H,4-7,16H2,1-3H3,(H,17,19). The molecule has 0 heterocycles. The molecule has 0 spiro atoms. The minimum absolute atomic E-state index is 0.0339. The molecule has 1 amide bonds. The van der Waals surface area contributed by atoms with E-state index in [9.17, 15) is 4.79 Å². The Morgan fingerprint density at radius 2 is 2.05 bits per heavy atom. The van der Waals surface area contributed by atoms with E-state index >= 15 is 0 Å². The molecule has 1 fully saturated rings. The zero-order valence-corrected chi connectivity index (χ0v) is 12.0. The summed E-state index contributed by atoms with van der Waals surface area (Å²) in [7, 11) is 2.11. The van der Waals surface area contributed by atoms with Gasteiger partial charge in [0.1, 0.15) is 0 Å². The van der Waals surface area contributed by atoms with Crippen LogP contribution in [0.15, 0.2) is 12.1 Å². The van der Waals surface area contributed by atoms with Crippen LogP contribution in [0, 0.1) is 13.8 Å². The lowest BCUT2D eigenvalue weighted by molar-refractivity contribution is 0.0949. The van der Waals surface area contributed by atoms with Crippen molar-refractivity contribution < 1.29 is 4.79 Å². The Bertz CT molecular complexity index is 481. The van der Waals surface area contributed by atoms with Crippen LogP contribution in [0.25, 0.3) is 0 Å². The van der Waals surface area contributed by atoms with Gasteiger partial charge in [0.15, 0.2) is 0 Å². The second-order valence-corrected chi connectivity index (χ2v) is 5.49. The molecule has 1 aromatic rings. The number of anilines is 1. The molecule has 1 aromatic carbocycles. The fraction of sp³-hybridized carbons (Fsp3) is 0.533. The maximum Gasteiger partial charge on any atom is 0.251 e. The third-order valence-corrected chi connectivity index (χ3v) is 3.78. The minimum Gasteiger partial charge on any atom is -0.398 e. The average Bonchev–Trinajstić information content (AvgIpc) is 3.17. The Morgan fingerprint density at radius 3 is 2.68 bits per heavy atom. The molecule has 1 aliphatic rings. The van der Waals surface area contributed by atoms with Crippen LogP contribution in [0.4, 0.5) is 5.69 Å². The van der Waals surface area contributed by atoms with Crippen LogP contribution in [0.3, 0.4) is 0 Å². The number of carbonyl (C=O) groups is 1. The van der Waals surface area contributed by atoms with E-state index in [1.165, 1.54) is 12.8 Å². The molecule has 0 aliphatic heterocycles. The Labute approximate surface area is 115 Å². The Hall–Kier alpha value is -1.55. The molecular formula is C15H23N3O. The second kappa shape index (κ2) is 5.61. The van der Waals surface area contributed by atoms with Crippen LogP contribution in [-0.4, -0.2) is 37.0 Å². The largest absolute Gasteiger partial charge is 0.398 e. The summed E-state index contributed by atoms with van der Waals surface area (Å²) in [6.45, 7) is 5.47. The Balaban J connectivity index is 1.90. The molecule has 0 bridgehead atoms. The van der Waals surface area contributed by atoms with E-state index in [1.807, 2.05) is 19.9 Å². The summed E-state index contributed by atoms with van der Waals surface area (Å²) in [6, 6.07) is 4.46. The van der Waals surface area contributed by atoms with Gasteiger partial charge in [-0.05, 0) is 50.9 Å². The van der Waals surface area contributed by atoms with Gasteiger partial charge in [0.2, 0.25) is 0 Å². The van der Waals surface area contributed by atoms with Crippen LogP contribution in [0.1, 0.15) is 34.3 Å². The normalized spacial score (nSPS) is 14.7. The molecule has 19 heavy (non-hydrogen) atoms. The van der Waals surface area contributed by atoms with Gasteiger partial charge >= 0.3 is 0 Å². The third kappa shape index (κ3) is 3.47. The van der Waals surface area contributed by atoms with E-state index in [2.05, 4.69) is 17.3 Å². The number of aryl methyl sites for hydroxylation is 2. The van der Waals surface area contributed by atoms with Crippen LogP contribution in [0.2, 0.25) is 0 Å². The molecule has 104 valence electrons. The summed E-state index contributed by atoms with van der Waals surface area (Å²) in [5.74, 6) is -0.0339. The molecule has 3 N–H and O–H groups in total. The fourth-order valence-electron chi connectivity index (χ4n) is 2.25. The van der Waals surface area contributed by atoms with Crippen LogP contribution >= 0.6 is 0 Å². The van der Waals surface area contributed by atoms with Crippen molar-refractivity contribution in [1.29, 1.82) is 0 Å². The Morgan fingerprint density at radius 1 is 1.37 bits per heavy atom. The number of hydrogen-bond acceptors (Lipinski definition) is 3. The number of nitrogens with one attached hydrogen (secondary N) is 1. The number of rotatable bonds is 5. The van der Waals surface area contributed by atoms with Gasteiger partial charge in [-0.1, -0.05) is 6.07 Å². The van der Waals surface area contributed by atoms with Gasteiger partial charge in [-0.2, -0.15) is 0 Å². The maximum absolute atomic E-state index is 12.1. The van der Waals surface area contributed by atoms with Gasteiger partial charge in [-0.25, -0.2) is 0 Å². The fourth-order valence-corrected chi connectivity index (χ4v) is 2.25. The molecule has 0 radical (unpaired) electrons. The van der Waals surface area contributed by atoms with Crippen molar-refractivity contribution in [2.24, 2.45) is 0 Å². The second-order valence-electron chi connectivity index (χ2n) is 5.49. The number of likely N-dealkylation sites (N-methyl/N-ethyl adjacent to an activating group) is 1. The highest BCUT2D eigenvalue weighted by Crippen LogP contribution is 2.24. The highest BCUT2D eigenvalue weighted by Gasteiger charge is 2.25. The molecule has 1 aliphatic carbocycles. The van der Waals surface area contributed by atoms with Gasteiger partial charge < -0.3 is 16.0 Å².